The van der Waals surface area contributed by atoms with Crippen molar-refractivity contribution in [2.45, 2.75) is 37.8 Å². The molecule has 4 rings (SSSR count). The fourth-order valence-corrected chi connectivity index (χ4v) is 3.51. The van der Waals surface area contributed by atoms with Crippen LogP contribution in [0.5, 0.6) is 5.88 Å². The van der Waals surface area contributed by atoms with Gasteiger partial charge >= 0.3 is 0 Å². The third kappa shape index (κ3) is 3.96. The SMILES string of the molecule is N=C(c1cnn(C2CCOCC2)c1)c1c(N)ccnc1OC1CCOCC1. The van der Waals surface area contributed by atoms with Gasteiger partial charge in [0.15, 0.2) is 0 Å². The molecule has 2 aliphatic rings. The van der Waals surface area contributed by atoms with Crippen molar-refractivity contribution in [2.75, 3.05) is 32.2 Å². The predicted molar refractivity (Wildman–Crippen MR) is 100 cm³/mol. The number of ether oxygens (including phenoxy) is 3. The van der Waals surface area contributed by atoms with E-state index in [1.54, 1.807) is 18.5 Å². The molecule has 8 heteroatoms. The number of nitrogens with one attached hydrogen (secondary N) is 1. The van der Waals surface area contributed by atoms with Crippen molar-refractivity contribution >= 4 is 11.4 Å². The van der Waals surface area contributed by atoms with Crippen molar-refractivity contribution in [3.8, 4) is 5.88 Å². The maximum atomic E-state index is 8.69. The Morgan fingerprint density at radius 2 is 1.85 bits per heavy atom. The van der Waals surface area contributed by atoms with Crippen LogP contribution in [0.2, 0.25) is 0 Å². The van der Waals surface area contributed by atoms with E-state index in [0.29, 0.717) is 41.9 Å². The molecule has 0 atom stereocenters. The van der Waals surface area contributed by atoms with Gasteiger partial charge in [0.25, 0.3) is 0 Å². The van der Waals surface area contributed by atoms with Crippen LogP contribution in [0.25, 0.3) is 0 Å². The highest BCUT2D eigenvalue weighted by Crippen LogP contribution is 2.28. The molecule has 0 amide bonds. The molecule has 2 saturated heterocycles. The fraction of sp³-hybridized carbons (Fsp3) is 0.526. The highest BCUT2D eigenvalue weighted by atomic mass is 16.5. The monoisotopic (exact) mass is 371 g/mol. The van der Waals surface area contributed by atoms with Crippen LogP contribution < -0.4 is 10.5 Å². The highest BCUT2D eigenvalue weighted by Gasteiger charge is 2.23. The smallest absolute Gasteiger partial charge is 0.225 e. The van der Waals surface area contributed by atoms with Crippen molar-refractivity contribution in [3.05, 3.63) is 35.8 Å². The number of hydrogen-bond donors (Lipinski definition) is 2. The quantitative estimate of drug-likeness (QED) is 0.780. The molecule has 2 aromatic heterocycles. The number of pyridine rings is 1. The van der Waals surface area contributed by atoms with Crippen LogP contribution in [0.15, 0.2) is 24.7 Å². The van der Waals surface area contributed by atoms with Gasteiger partial charge in [-0.25, -0.2) is 4.98 Å². The number of nitrogens with zero attached hydrogens (tertiary/aromatic N) is 3. The molecular weight excluding hydrogens is 346 g/mol. The number of rotatable bonds is 5. The van der Waals surface area contributed by atoms with Crippen molar-refractivity contribution in [3.63, 3.8) is 0 Å². The second kappa shape index (κ2) is 8.06. The lowest BCUT2D eigenvalue weighted by Crippen LogP contribution is -2.27. The summed E-state index contributed by atoms with van der Waals surface area (Å²) in [5.74, 6) is 0.408. The largest absolute Gasteiger partial charge is 0.474 e. The normalized spacial score (nSPS) is 19.1. The molecule has 8 nitrogen and oxygen atoms in total. The van der Waals surface area contributed by atoms with Gasteiger partial charge in [0.1, 0.15) is 6.10 Å². The summed E-state index contributed by atoms with van der Waals surface area (Å²) < 4.78 is 18.8. The summed E-state index contributed by atoms with van der Waals surface area (Å²) in [7, 11) is 0. The molecule has 0 aromatic carbocycles. The van der Waals surface area contributed by atoms with E-state index in [9.17, 15) is 0 Å². The molecule has 0 radical (unpaired) electrons. The van der Waals surface area contributed by atoms with Crippen molar-refractivity contribution in [1.29, 1.82) is 5.41 Å². The zero-order valence-electron chi connectivity index (χ0n) is 15.3. The summed E-state index contributed by atoms with van der Waals surface area (Å²) in [6.45, 7) is 2.85. The van der Waals surface area contributed by atoms with Gasteiger partial charge < -0.3 is 19.9 Å². The summed E-state index contributed by atoms with van der Waals surface area (Å²) in [6.07, 6.45) is 8.75. The third-order valence-corrected chi connectivity index (χ3v) is 5.10. The first-order valence-corrected chi connectivity index (χ1v) is 9.42. The molecule has 0 unspecified atom stereocenters. The van der Waals surface area contributed by atoms with Gasteiger partial charge in [-0.3, -0.25) is 10.1 Å². The Balaban J connectivity index is 1.57. The topological polar surface area (TPSA) is 108 Å². The zero-order valence-corrected chi connectivity index (χ0v) is 15.3. The van der Waals surface area contributed by atoms with Crippen molar-refractivity contribution < 1.29 is 14.2 Å². The average molecular weight is 371 g/mol. The standard InChI is InChI=1S/C19H25N5O3/c20-16-1-6-22-19(27-15-4-9-26-10-5-15)17(16)18(21)13-11-23-24(12-13)14-2-7-25-8-3-14/h1,6,11-12,14-15,21H,2-5,7-10H2,(H2,20,22). The number of nitrogens with two attached hydrogens (primary N) is 1. The second-order valence-electron chi connectivity index (χ2n) is 6.94. The Hall–Kier alpha value is -2.45. The van der Waals surface area contributed by atoms with E-state index in [-0.39, 0.29) is 11.8 Å². The van der Waals surface area contributed by atoms with Gasteiger partial charge in [-0.15, -0.1) is 0 Å². The lowest BCUT2D eigenvalue weighted by molar-refractivity contribution is 0.0237. The van der Waals surface area contributed by atoms with Gasteiger partial charge in [-0.2, -0.15) is 5.10 Å². The lowest BCUT2D eigenvalue weighted by Gasteiger charge is -2.24. The molecule has 4 heterocycles. The number of nitrogen functional groups attached to an aromatic ring is 1. The van der Waals surface area contributed by atoms with E-state index in [1.165, 1.54) is 0 Å². The van der Waals surface area contributed by atoms with Gasteiger partial charge in [0, 0.05) is 49.7 Å². The molecule has 0 spiro atoms. The van der Waals surface area contributed by atoms with E-state index in [0.717, 1.165) is 38.9 Å². The van der Waals surface area contributed by atoms with Crippen LogP contribution in [0, 0.1) is 5.41 Å². The first-order chi connectivity index (χ1) is 13.2. The van der Waals surface area contributed by atoms with E-state index in [1.807, 2.05) is 10.9 Å². The Morgan fingerprint density at radius 1 is 1.15 bits per heavy atom. The van der Waals surface area contributed by atoms with Gasteiger partial charge in [-0.05, 0) is 18.9 Å². The molecule has 27 heavy (non-hydrogen) atoms. The predicted octanol–water partition coefficient (Wildman–Crippen LogP) is 2.19. The third-order valence-electron chi connectivity index (χ3n) is 5.10. The first kappa shape index (κ1) is 17.9. The summed E-state index contributed by atoms with van der Waals surface area (Å²) in [5, 5.41) is 13.2. The maximum absolute atomic E-state index is 8.69. The van der Waals surface area contributed by atoms with Crippen LogP contribution >= 0.6 is 0 Å². The van der Waals surface area contributed by atoms with Crippen LogP contribution in [-0.4, -0.2) is 53.0 Å². The van der Waals surface area contributed by atoms with E-state index in [2.05, 4.69) is 10.1 Å². The summed E-state index contributed by atoms with van der Waals surface area (Å²) >= 11 is 0. The van der Waals surface area contributed by atoms with Gasteiger partial charge in [-0.1, -0.05) is 0 Å². The molecular formula is C19H25N5O3. The number of hydrogen-bond acceptors (Lipinski definition) is 7. The lowest BCUT2D eigenvalue weighted by atomic mass is 10.0. The minimum absolute atomic E-state index is 0.0320. The van der Waals surface area contributed by atoms with Gasteiger partial charge in [0.2, 0.25) is 5.88 Å². The fourth-order valence-electron chi connectivity index (χ4n) is 3.51. The van der Waals surface area contributed by atoms with E-state index >= 15 is 0 Å². The second-order valence-corrected chi connectivity index (χ2v) is 6.94. The zero-order chi connectivity index (χ0) is 18.6. The van der Waals surface area contributed by atoms with Crippen LogP contribution in [-0.2, 0) is 9.47 Å². The molecule has 0 bridgehead atoms. The van der Waals surface area contributed by atoms with Crippen LogP contribution in [0.1, 0.15) is 42.9 Å². The Bertz CT molecular complexity index is 794. The minimum Gasteiger partial charge on any atom is -0.474 e. The van der Waals surface area contributed by atoms with Crippen LogP contribution in [0.3, 0.4) is 0 Å². The Labute approximate surface area is 158 Å². The molecule has 0 aliphatic carbocycles. The molecule has 0 saturated carbocycles. The van der Waals surface area contributed by atoms with Crippen LogP contribution in [0.4, 0.5) is 5.69 Å². The molecule has 2 fully saturated rings. The molecule has 144 valence electrons. The molecule has 2 aliphatic heterocycles. The first-order valence-electron chi connectivity index (χ1n) is 9.42. The average Bonchev–Trinajstić information content (AvgIpc) is 3.20. The molecule has 3 N–H and O–H groups in total. The summed E-state index contributed by atoms with van der Waals surface area (Å²) in [5.41, 5.74) is 8.18. The van der Waals surface area contributed by atoms with Crippen molar-refractivity contribution in [2.24, 2.45) is 0 Å². The highest BCUT2D eigenvalue weighted by molar-refractivity contribution is 6.15. The number of anilines is 1. The Morgan fingerprint density at radius 3 is 2.59 bits per heavy atom. The Kier molecular flexibility index (Phi) is 5.35. The summed E-state index contributed by atoms with van der Waals surface area (Å²) in [6, 6.07) is 2.01. The maximum Gasteiger partial charge on any atom is 0.225 e. The van der Waals surface area contributed by atoms with Crippen molar-refractivity contribution in [1.82, 2.24) is 14.8 Å². The number of aromatic nitrogens is 3. The molecule has 2 aromatic rings. The van der Waals surface area contributed by atoms with E-state index in [4.69, 9.17) is 25.4 Å². The summed E-state index contributed by atoms with van der Waals surface area (Å²) in [4.78, 5) is 4.35. The van der Waals surface area contributed by atoms with E-state index < -0.39 is 0 Å². The minimum atomic E-state index is 0.0320. The van der Waals surface area contributed by atoms with Gasteiger partial charge in [0.05, 0.1) is 36.7 Å².